The first-order valence-corrected chi connectivity index (χ1v) is 14.5. The summed E-state index contributed by atoms with van der Waals surface area (Å²) in [5, 5.41) is 5.75. The number of carbonyl (C=O) groups is 2. The van der Waals surface area contributed by atoms with Crippen LogP contribution < -0.4 is 21.4 Å². The molecule has 0 aliphatic heterocycles. The van der Waals surface area contributed by atoms with Crippen molar-refractivity contribution in [1.82, 2.24) is 5.32 Å². The van der Waals surface area contributed by atoms with Crippen LogP contribution in [0, 0.1) is 5.92 Å². The highest BCUT2D eigenvalue weighted by molar-refractivity contribution is 6.99. The van der Waals surface area contributed by atoms with Crippen molar-refractivity contribution in [3.05, 3.63) is 94.5 Å². The summed E-state index contributed by atoms with van der Waals surface area (Å²) in [4.78, 5) is 25.1. The van der Waals surface area contributed by atoms with Gasteiger partial charge in [-0.05, 0) is 24.1 Å². The number of halogens is 2. The van der Waals surface area contributed by atoms with Crippen LogP contribution in [0.2, 0.25) is 15.1 Å². The third kappa shape index (κ3) is 6.37. The normalized spacial score (nSPS) is 12.7. The molecule has 0 fully saturated rings. The SMILES string of the molecule is CC(C)(C)[Si-](OCCC(C(N)=O)C(=O)NCc1ccc(Cl)cc1Cl)(c1ccccc1)c1ccccc1. The second-order valence-corrected chi connectivity index (χ2v) is 14.9. The van der Waals surface area contributed by atoms with Gasteiger partial charge in [0.2, 0.25) is 11.8 Å². The van der Waals surface area contributed by atoms with Crippen molar-refractivity contribution >= 4 is 53.7 Å². The summed E-state index contributed by atoms with van der Waals surface area (Å²) in [6, 6.07) is 25.4. The van der Waals surface area contributed by atoms with Gasteiger partial charge in [0.05, 0.1) is 8.32 Å². The van der Waals surface area contributed by atoms with Crippen LogP contribution in [0.1, 0.15) is 32.8 Å². The number of nitrogens with two attached hydrogens (primary N) is 1. The van der Waals surface area contributed by atoms with Crippen LogP contribution in [-0.4, -0.2) is 26.7 Å². The van der Waals surface area contributed by atoms with Gasteiger partial charge in [0, 0.05) is 23.2 Å². The molecule has 2 amide bonds. The second kappa shape index (κ2) is 12.1. The molecule has 0 saturated heterocycles. The van der Waals surface area contributed by atoms with Gasteiger partial charge >= 0.3 is 0 Å². The van der Waals surface area contributed by atoms with Crippen LogP contribution >= 0.6 is 23.2 Å². The summed E-state index contributed by atoms with van der Waals surface area (Å²) in [7, 11) is -2.78. The van der Waals surface area contributed by atoms with Crippen LogP contribution in [0.25, 0.3) is 0 Å². The van der Waals surface area contributed by atoms with E-state index >= 15 is 0 Å². The molecular weight excluding hydrogens is 511 g/mol. The summed E-state index contributed by atoms with van der Waals surface area (Å²) in [5.74, 6) is -2.19. The molecule has 191 valence electrons. The molecule has 0 saturated carbocycles. The van der Waals surface area contributed by atoms with E-state index in [0.717, 1.165) is 10.4 Å². The van der Waals surface area contributed by atoms with E-state index < -0.39 is 26.0 Å². The average molecular weight is 544 g/mol. The zero-order valence-corrected chi connectivity index (χ0v) is 23.3. The second-order valence-electron chi connectivity index (χ2n) is 9.71. The fourth-order valence-corrected chi connectivity index (χ4v) is 9.52. The smallest absolute Gasteiger partial charge is 0.232 e. The lowest BCUT2D eigenvalue weighted by molar-refractivity contribution is -0.134. The number of hydrogen-bond acceptors (Lipinski definition) is 3. The average Bonchev–Trinajstić information content (AvgIpc) is 2.83. The van der Waals surface area contributed by atoms with Gasteiger partial charge in [-0.3, -0.25) is 9.59 Å². The maximum Gasteiger partial charge on any atom is 0.232 e. The zero-order chi connectivity index (χ0) is 26.3. The molecule has 3 N–H and O–H groups in total. The Balaban J connectivity index is 1.80. The maximum atomic E-state index is 12.9. The number of carbonyl (C=O) groups excluding carboxylic acids is 2. The van der Waals surface area contributed by atoms with Gasteiger partial charge in [0.15, 0.2) is 0 Å². The molecule has 0 aromatic heterocycles. The van der Waals surface area contributed by atoms with Gasteiger partial charge in [-0.2, -0.15) is 10.4 Å². The monoisotopic (exact) mass is 542 g/mol. The molecule has 0 spiro atoms. The predicted octanol–water partition coefficient (Wildman–Crippen LogP) is 4.68. The fourth-order valence-electron chi connectivity index (χ4n) is 4.46. The molecule has 3 aromatic carbocycles. The fraction of sp³-hybridized carbons (Fsp3) is 0.286. The largest absolute Gasteiger partial charge is 0.558 e. The van der Waals surface area contributed by atoms with Gasteiger partial charge in [-0.15, -0.1) is 5.04 Å². The number of primary amides is 1. The summed E-state index contributed by atoms with van der Waals surface area (Å²) >= 11 is 12.1. The predicted molar refractivity (Wildman–Crippen MR) is 149 cm³/mol. The minimum absolute atomic E-state index is 0.161. The molecule has 0 heterocycles. The van der Waals surface area contributed by atoms with Crippen LogP contribution in [-0.2, 0) is 20.6 Å². The van der Waals surface area contributed by atoms with Crippen molar-refractivity contribution in [2.24, 2.45) is 11.7 Å². The first-order valence-electron chi connectivity index (χ1n) is 11.8. The van der Waals surface area contributed by atoms with E-state index in [9.17, 15) is 9.59 Å². The minimum atomic E-state index is -2.78. The lowest BCUT2D eigenvalue weighted by Crippen LogP contribution is -2.66. The van der Waals surface area contributed by atoms with Gasteiger partial charge in [0.1, 0.15) is 5.92 Å². The Hall–Kier alpha value is -2.64. The molecule has 3 rings (SSSR count). The van der Waals surface area contributed by atoms with Crippen molar-refractivity contribution in [2.45, 2.75) is 38.8 Å². The van der Waals surface area contributed by atoms with E-state index in [-0.39, 0.29) is 24.6 Å². The minimum Gasteiger partial charge on any atom is -0.558 e. The highest BCUT2D eigenvalue weighted by Crippen LogP contribution is 2.37. The molecule has 8 heteroatoms. The Morgan fingerprint density at radius 1 is 0.944 bits per heavy atom. The van der Waals surface area contributed by atoms with E-state index in [2.05, 4.69) is 50.4 Å². The third-order valence-electron chi connectivity index (χ3n) is 6.27. The van der Waals surface area contributed by atoms with Gasteiger partial charge in [-0.1, -0.05) is 111 Å². The molecule has 5 nitrogen and oxygen atoms in total. The van der Waals surface area contributed by atoms with E-state index in [1.165, 1.54) is 0 Å². The highest BCUT2D eigenvalue weighted by atomic mass is 35.5. The van der Waals surface area contributed by atoms with E-state index in [0.29, 0.717) is 15.6 Å². The summed E-state index contributed by atoms with van der Waals surface area (Å²) < 4.78 is 6.81. The van der Waals surface area contributed by atoms with Crippen LogP contribution in [0.15, 0.2) is 78.9 Å². The van der Waals surface area contributed by atoms with E-state index in [1.807, 2.05) is 36.4 Å². The van der Waals surface area contributed by atoms with Crippen LogP contribution in [0.3, 0.4) is 0 Å². The van der Waals surface area contributed by atoms with Crippen LogP contribution in [0.5, 0.6) is 0 Å². The van der Waals surface area contributed by atoms with Crippen LogP contribution in [0.4, 0.5) is 0 Å². The number of amides is 2. The highest BCUT2D eigenvalue weighted by Gasteiger charge is 2.37. The molecule has 36 heavy (non-hydrogen) atoms. The van der Waals surface area contributed by atoms with Crippen molar-refractivity contribution in [3.8, 4) is 0 Å². The Kier molecular flexibility index (Phi) is 9.36. The summed E-state index contributed by atoms with van der Waals surface area (Å²) in [6.07, 6.45) is 0.167. The number of nitrogens with one attached hydrogen (secondary N) is 1. The molecule has 0 radical (unpaired) electrons. The Bertz CT molecular complexity index is 1140. The number of benzene rings is 3. The molecule has 1 unspecified atom stereocenters. The summed E-state index contributed by atoms with van der Waals surface area (Å²) in [6.45, 7) is 6.89. The van der Waals surface area contributed by atoms with E-state index in [1.54, 1.807) is 18.2 Å². The molecule has 0 aliphatic carbocycles. The maximum absolute atomic E-state index is 12.9. The van der Waals surface area contributed by atoms with Gasteiger partial charge in [-0.25, -0.2) is 0 Å². The van der Waals surface area contributed by atoms with Crippen molar-refractivity contribution in [3.63, 3.8) is 0 Å². The Morgan fingerprint density at radius 2 is 1.50 bits per heavy atom. The molecular formula is C28H32Cl2N2O3Si-. The Labute approximate surface area is 224 Å². The van der Waals surface area contributed by atoms with Gasteiger partial charge in [0.25, 0.3) is 0 Å². The summed E-state index contributed by atoms with van der Waals surface area (Å²) in [5.41, 5.74) is 6.32. The molecule has 1 atom stereocenters. The van der Waals surface area contributed by atoms with E-state index in [4.69, 9.17) is 33.4 Å². The first kappa shape index (κ1) is 27.9. The molecule has 0 bridgehead atoms. The van der Waals surface area contributed by atoms with Crippen molar-refractivity contribution < 1.29 is 14.0 Å². The molecule has 0 aliphatic rings. The quantitative estimate of drug-likeness (QED) is 0.288. The van der Waals surface area contributed by atoms with Crippen molar-refractivity contribution in [2.75, 3.05) is 6.61 Å². The first-order chi connectivity index (χ1) is 17.1. The van der Waals surface area contributed by atoms with Crippen molar-refractivity contribution in [1.29, 1.82) is 0 Å². The number of hydrogen-bond donors (Lipinski definition) is 2. The lowest BCUT2D eigenvalue weighted by atomic mass is 10.0. The number of rotatable bonds is 10. The molecule has 3 aromatic rings. The lowest BCUT2D eigenvalue weighted by Gasteiger charge is -2.55. The zero-order valence-electron chi connectivity index (χ0n) is 20.8. The standard InChI is InChI=1S/C28H32Cl2N2O3Si/c1-28(2,3)36(22-10-6-4-7-11-22,23-12-8-5-9-13-23)35-17-16-24(26(31)33)27(34)32-19-20-14-15-21(29)18-25(20)30/h4-15,18,24H,16-17,19H2,1-3H3,(H2,31,33)(H,32,34)/q-1. The Morgan fingerprint density at radius 3 is 1.97 bits per heavy atom. The topological polar surface area (TPSA) is 81.4 Å². The third-order valence-corrected chi connectivity index (χ3v) is 11.9. The van der Waals surface area contributed by atoms with Gasteiger partial charge < -0.3 is 15.5 Å².